The number of hydrogen-bond acceptors (Lipinski definition) is 6. The molecule has 0 bridgehead atoms. The van der Waals surface area contributed by atoms with Crippen LogP contribution in [0.15, 0.2) is 0 Å². The van der Waals surface area contributed by atoms with E-state index in [9.17, 15) is 0 Å². The molecular formula is C12H27NO5Si. The minimum atomic E-state index is -2.59. The summed E-state index contributed by atoms with van der Waals surface area (Å²) in [6.45, 7) is 8.92. The van der Waals surface area contributed by atoms with E-state index in [-0.39, 0.29) is 12.3 Å². The number of rotatable bonds is 12. The van der Waals surface area contributed by atoms with E-state index in [1.54, 1.807) is 0 Å². The van der Waals surface area contributed by atoms with E-state index < -0.39 is 8.80 Å². The predicted molar refractivity (Wildman–Crippen MR) is 73.7 cm³/mol. The van der Waals surface area contributed by atoms with Gasteiger partial charge in [-0.3, -0.25) is 0 Å². The van der Waals surface area contributed by atoms with Gasteiger partial charge in [-0.05, 0) is 27.2 Å². The molecule has 7 heteroatoms. The molecule has 2 N–H and O–H groups in total. The predicted octanol–water partition coefficient (Wildman–Crippen LogP) is 1.13. The summed E-state index contributed by atoms with van der Waals surface area (Å²) >= 11 is 0. The van der Waals surface area contributed by atoms with Gasteiger partial charge in [0, 0.05) is 25.9 Å². The van der Waals surface area contributed by atoms with Gasteiger partial charge < -0.3 is 28.5 Å². The first-order chi connectivity index (χ1) is 9.15. The Balaban J connectivity index is 2.35. The molecule has 0 radical (unpaired) electrons. The Morgan fingerprint density at radius 3 is 2.11 bits per heavy atom. The zero-order valence-electron chi connectivity index (χ0n) is 12.2. The smallest absolute Gasteiger partial charge is 0.374 e. The van der Waals surface area contributed by atoms with Crippen molar-refractivity contribution in [3.63, 3.8) is 0 Å². The fourth-order valence-corrected chi connectivity index (χ4v) is 4.44. The Kier molecular flexibility index (Phi) is 8.08. The molecule has 2 atom stereocenters. The van der Waals surface area contributed by atoms with Gasteiger partial charge in [0.15, 0.2) is 0 Å². The van der Waals surface area contributed by atoms with Crippen LogP contribution in [0.4, 0.5) is 0 Å². The highest BCUT2D eigenvalue weighted by molar-refractivity contribution is 6.60. The van der Waals surface area contributed by atoms with Gasteiger partial charge >= 0.3 is 8.80 Å². The SMILES string of the molecule is CCO[Si](CCC(N)OCC1CO1)(OCC)OCC. The lowest BCUT2D eigenvalue weighted by Gasteiger charge is -2.29. The van der Waals surface area contributed by atoms with E-state index in [2.05, 4.69) is 0 Å². The molecule has 0 aliphatic carbocycles. The Bertz CT molecular complexity index is 223. The molecule has 0 spiro atoms. The summed E-state index contributed by atoms with van der Waals surface area (Å²) in [5, 5.41) is 0. The van der Waals surface area contributed by atoms with Gasteiger partial charge in [0.1, 0.15) is 12.3 Å². The van der Waals surface area contributed by atoms with Crippen LogP contribution in [-0.4, -0.2) is 54.2 Å². The van der Waals surface area contributed by atoms with Gasteiger partial charge in [-0.25, -0.2) is 0 Å². The maximum absolute atomic E-state index is 5.92. The molecule has 1 aliphatic rings. The van der Waals surface area contributed by atoms with Crippen molar-refractivity contribution in [1.29, 1.82) is 0 Å². The van der Waals surface area contributed by atoms with Crippen molar-refractivity contribution in [1.82, 2.24) is 0 Å². The van der Waals surface area contributed by atoms with Crippen LogP contribution in [0.3, 0.4) is 0 Å². The van der Waals surface area contributed by atoms with Crippen LogP contribution in [0.1, 0.15) is 27.2 Å². The summed E-state index contributed by atoms with van der Waals surface area (Å²) in [5.41, 5.74) is 5.92. The lowest BCUT2D eigenvalue weighted by molar-refractivity contribution is 0.0328. The van der Waals surface area contributed by atoms with E-state index in [1.165, 1.54) is 0 Å². The summed E-state index contributed by atoms with van der Waals surface area (Å²) < 4.78 is 27.9. The van der Waals surface area contributed by atoms with Crippen molar-refractivity contribution in [2.75, 3.05) is 33.0 Å². The standard InChI is InChI=1S/C12H27NO5Si/c1-4-16-19(17-5-2,18-6-3)8-7-12(13)15-10-11-9-14-11/h11-12H,4-10,13H2,1-3H3. The van der Waals surface area contributed by atoms with Crippen molar-refractivity contribution in [3.8, 4) is 0 Å². The lowest BCUT2D eigenvalue weighted by atomic mass is 10.4. The number of epoxide rings is 1. The average Bonchev–Trinajstić information content (AvgIpc) is 3.19. The summed E-state index contributed by atoms with van der Waals surface area (Å²) in [6, 6.07) is 0.676. The van der Waals surface area contributed by atoms with Crippen LogP contribution in [0.5, 0.6) is 0 Å². The molecule has 1 aliphatic heterocycles. The molecule has 0 aromatic heterocycles. The Hall–Kier alpha value is -0.0231. The molecule has 1 saturated heterocycles. The summed E-state index contributed by atoms with van der Waals surface area (Å²) in [5.74, 6) is 0. The second-order valence-corrected chi connectivity index (χ2v) is 7.08. The highest BCUT2D eigenvalue weighted by Crippen LogP contribution is 2.19. The molecule has 1 fully saturated rings. The van der Waals surface area contributed by atoms with E-state index in [4.69, 9.17) is 28.5 Å². The highest BCUT2D eigenvalue weighted by Gasteiger charge is 2.40. The minimum Gasteiger partial charge on any atom is -0.374 e. The topological polar surface area (TPSA) is 75.5 Å². The lowest BCUT2D eigenvalue weighted by Crippen LogP contribution is -2.47. The molecule has 1 rings (SSSR count). The van der Waals surface area contributed by atoms with Crippen molar-refractivity contribution in [2.24, 2.45) is 5.73 Å². The Labute approximate surface area is 116 Å². The van der Waals surface area contributed by atoms with Crippen LogP contribution in [-0.2, 0) is 22.8 Å². The van der Waals surface area contributed by atoms with Gasteiger partial charge in [-0.2, -0.15) is 0 Å². The van der Waals surface area contributed by atoms with Gasteiger partial charge in [-0.1, -0.05) is 0 Å². The van der Waals surface area contributed by atoms with Crippen molar-refractivity contribution < 1.29 is 22.8 Å². The van der Waals surface area contributed by atoms with E-state index in [0.717, 1.165) is 6.61 Å². The number of nitrogens with two attached hydrogens (primary N) is 1. The number of hydrogen-bond donors (Lipinski definition) is 1. The van der Waals surface area contributed by atoms with Crippen LogP contribution >= 0.6 is 0 Å². The molecule has 0 aromatic rings. The van der Waals surface area contributed by atoms with Crippen molar-refractivity contribution >= 4 is 8.80 Å². The van der Waals surface area contributed by atoms with E-state index >= 15 is 0 Å². The molecule has 114 valence electrons. The second-order valence-electron chi connectivity index (χ2n) is 4.35. The zero-order chi connectivity index (χ0) is 14.1. The van der Waals surface area contributed by atoms with Gasteiger partial charge in [0.2, 0.25) is 0 Å². The Morgan fingerprint density at radius 1 is 1.16 bits per heavy atom. The molecule has 0 saturated carbocycles. The van der Waals surface area contributed by atoms with Crippen molar-refractivity contribution in [2.45, 2.75) is 45.6 Å². The van der Waals surface area contributed by atoms with Crippen LogP contribution < -0.4 is 5.73 Å². The normalized spacial score (nSPS) is 20.5. The highest BCUT2D eigenvalue weighted by atomic mass is 28.4. The first kappa shape index (κ1) is 17.0. The first-order valence-electron chi connectivity index (χ1n) is 7.06. The molecule has 19 heavy (non-hydrogen) atoms. The molecule has 6 nitrogen and oxygen atoms in total. The summed E-state index contributed by atoms with van der Waals surface area (Å²) in [4.78, 5) is 0. The first-order valence-corrected chi connectivity index (χ1v) is 8.99. The van der Waals surface area contributed by atoms with E-state index in [0.29, 0.717) is 38.9 Å². The molecular weight excluding hydrogens is 266 g/mol. The van der Waals surface area contributed by atoms with Crippen molar-refractivity contribution in [3.05, 3.63) is 0 Å². The maximum Gasteiger partial charge on any atom is 0.501 e. The molecule has 2 unspecified atom stereocenters. The van der Waals surface area contributed by atoms with Crippen LogP contribution in [0.25, 0.3) is 0 Å². The Morgan fingerprint density at radius 2 is 1.68 bits per heavy atom. The van der Waals surface area contributed by atoms with Crippen LogP contribution in [0.2, 0.25) is 6.04 Å². The summed E-state index contributed by atoms with van der Waals surface area (Å²) in [7, 11) is -2.59. The van der Waals surface area contributed by atoms with E-state index in [1.807, 2.05) is 20.8 Å². The van der Waals surface area contributed by atoms with Crippen LogP contribution in [0, 0.1) is 0 Å². The maximum atomic E-state index is 5.92. The monoisotopic (exact) mass is 293 g/mol. The van der Waals surface area contributed by atoms with Gasteiger partial charge in [0.25, 0.3) is 0 Å². The van der Waals surface area contributed by atoms with Gasteiger partial charge in [-0.15, -0.1) is 0 Å². The fraction of sp³-hybridized carbons (Fsp3) is 1.00. The largest absolute Gasteiger partial charge is 0.501 e. The third-order valence-electron chi connectivity index (χ3n) is 2.73. The number of ether oxygens (including phenoxy) is 2. The quantitative estimate of drug-likeness (QED) is 0.330. The molecule has 0 amide bonds. The third-order valence-corrected chi connectivity index (χ3v) is 5.81. The molecule has 1 heterocycles. The average molecular weight is 293 g/mol. The fourth-order valence-electron chi connectivity index (χ4n) is 1.80. The van der Waals surface area contributed by atoms with Gasteiger partial charge in [0.05, 0.1) is 13.2 Å². The third kappa shape index (κ3) is 6.80. The zero-order valence-corrected chi connectivity index (χ0v) is 13.2. The summed E-state index contributed by atoms with van der Waals surface area (Å²) in [6.07, 6.45) is 0.579. The molecule has 0 aromatic carbocycles. The minimum absolute atomic E-state index is 0.235. The second kappa shape index (κ2) is 9.01.